The lowest BCUT2D eigenvalue weighted by Gasteiger charge is -2.17. The molecule has 1 saturated heterocycles. The molecule has 2 N–H and O–H groups in total. The first-order valence-electron chi connectivity index (χ1n) is 8.60. The molecule has 10 heteroatoms. The van der Waals surface area contributed by atoms with Crippen molar-refractivity contribution in [2.75, 3.05) is 18.5 Å². The molecule has 6 nitrogen and oxygen atoms in total. The van der Waals surface area contributed by atoms with Crippen LogP contribution >= 0.6 is 22.6 Å². The molecule has 1 fully saturated rings. The van der Waals surface area contributed by atoms with Crippen LogP contribution < -0.4 is 10.8 Å². The Morgan fingerprint density at radius 3 is 2.66 bits per heavy atom. The number of hydrogen-bond donors (Lipinski definition) is 2. The number of hydrogen-bond acceptors (Lipinski definition) is 5. The minimum Gasteiger partial charge on any atom is -0.350 e. The molecule has 1 atom stereocenters. The highest BCUT2D eigenvalue weighted by Gasteiger charge is 2.33. The van der Waals surface area contributed by atoms with Crippen molar-refractivity contribution < 1.29 is 32.3 Å². The Morgan fingerprint density at radius 2 is 2.00 bits per heavy atom. The predicted octanol–water partition coefficient (Wildman–Crippen LogP) is 4.27. The van der Waals surface area contributed by atoms with Crippen LogP contribution in [-0.4, -0.2) is 31.0 Å². The molecule has 0 radical (unpaired) electrons. The fraction of sp³-hybridized carbons (Fsp3) is 0.316. The number of benzene rings is 2. The first-order valence-corrected chi connectivity index (χ1v) is 9.68. The van der Waals surface area contributed by atoms with Crippen LogP contribution in [0.25, 0.3) is 0 Å². The fourth-order valence-electron chi connectivity index (χ4n) is 2.69. The Labute approximate surface area is 178 Å². The van der Waals surface area contributed by atoms with Gasteiger partial charge in [0, 0.05) is 3.57 Å². The van der Waals surface area contributed by atoms with E-state index < -0.39 is 40.9 Å². The summed E-state index contributed by atoms with van der Waals surface area (Å²) in [5, 5.41) is 2.45. The quantitative estimate of drug-likeness (QED) is 0.439. The Bertz CT molecular complexity index is 927. The SMILES string of the molecule is CC1(C)OCC(CONC(=O)c2ccc(F)c(F)c2Nc2ccc(I)cc2F)O1. The number of nitrogens with one attached hydrogen (secondary N) is 2. The molecular formula is C19H18F3IN2O4. The fourth-order valence-corrected chi connectivity index (χ4v) is 3.14. The average molecular weight is 522 g/mol. The molecule has 2 aromatic carbocycles. The van der Waals surface area contributed by atoms with E-state index in [9.17, 15) is 18.0 Å². The monoisotopic (exact) mass is 522 g/mol. The molecule has 0 aromatic heterocycles. The van der Waals surface area contributed by atoms with Crippen molar-refractivity contribution in [2.45, 2.75) is 25.7 Å². The van der Waals surface area contributed by atoms with Gasteiger partial charge in [-0.15, -0.1) is 0 Å². The largest absolute Gasteiger partial charge is 0.350 e. The Morgan fingerprint density at radius 1 is 1.24 bits per heavy atom. The van der Waals surface area contributed by atoms with Gasteiger partial charge in [-0.1, -0.05) is 0 Å². The molecule has 156 valence electrons. The number of ether oxygens (including phenoxy) is 2. The summed E-state index contributed by atoms with van der Waals surface area (Å²) in [5.41, 5.74) is 1.28. The van der Waals surface area contributed by atoms with Crippen LogP contribution in [0.2, 0.25) is 0 Å². The first-order chi connectivity index (χ1) is 13.7. The molecule has 0 saturated carbocycles. The lowest BCUT2D eigenvalue weighted by molar-refractivity contribution is -0.147. The van der Waals surface area contributed by atoms with E-state index in [1.807, 2.05) is 22.6 Å². The molecule has 2 aromatic rings. The van der Waals surface area contributed by atoms with Crippen molar-refractivity contribution in [3.05, 3.63) is 56.9 Å². The van der Waals surface area contributed by atoms with Gasteiger partial charge in [0.05, 0.1) is 23.5 Å². The van der Waals surface area contributed by atoms with Crippen molar-refractivity contribution in [1.29, 1.82) is 0 Å². The molecule has 3 rings (SSSR count). The van der Waals surface area contributed by atoms with E-state index in [0.717, 1.165) is 12.1 Å². The van der Waals surface area contributed by atoms with Crippen molar-refractivity contribution >= 4 is 39.9 Å². The third kappa shape index (κ3) is 5.38. The third-order valence-corrected chi connectivity index (χ3v) is 4.70. The normalized spacial score (nSPS) is 17.9. The van der Waals surface area contributed by atoms with E-state index in [-0.39, 0.29) is 24.5 Å². The van der Waals surface area contributed by atoms with Gasteiger partial charge in [-0.05, 0) is 66.8 Å². The van der Waals surface area contributed by atoms with E-state index in [4.69, 9.17) is 14.3 Å². The van der Waals surface area contributed by atoms with E-state index in [1.54, 1.807) is 19.9 Å². The maximum absolute atomic E-state index is 14.4. The molecule has 1 heterocycles. The van der Waals surface area contributed by atoms with Gasteiger partial charge >= 0.3 is 0 Å². The van der Waals surface area contributed by atoms with Crippen molar-refractivity contribution in [3.8, 4) is 0 Å². The molecule has 0 bridgehead atoms. The molecule has 1 aliphatic heterocycles. The molecule has 1 amide bonds. The van der Waals surface area contributed by atoms with Gasteiger partial charge in [-0.2, -0.15) is 0 Å². The number of hydroxylamine groups is 1. The van der Waals surface area contributed by atoms with Crippen LogP contribution in [0.1, 0.15) is 24.2 Å². The highest BCUT2D eigenvalue weighted by molar-refractivity contribution is 14.1. The highest BCUT2D eigenvalue weighted by Crippen LogP contribution is 2.28. The molecule has 1 aliphatic rings. The second-order valence-corrected chi connectivity index (χ2v) is 7.97. The van der Waals surface area contributed by atoms with Crippen molar-refractivity contribution in [3.63, 3.8) is 0 Å². The number of carbonyl (C=O) groups is 1. The topological polar surface area (TPSA) is 68.8 Å². The molecular weight excluding hydrogens is 504 g/mol. The molecule has 0 aliphatic carbocycles. The zero-order valence-corrected chi connectivity index (χ0v) is 17.7. The highest BCUT2D eigenvalue weighted by atomic mass is 127. The zero-order chi connectivity index (χ0) is 21.2. The third-order valence-electron chi connectivity index (χ3n) is 4.03. The van der Waals surface area contributed by atoms with Crippen LogP contribution in [0.3, 0.4) is 0 Å². The zero-order valence-electron chi connectivity index (χ0n) is 15.5. The van der Waals surface area contributed by atoms with Crippen molar-refractivity contribution in [2.24, 2.45) is 0 Å². The van der Waals surface area contributed by atoms with E-state index in [0.29, 0.717) is 3.57 Å². The van der Waals surface area contributed by atoms with Gasteiger partial charge in [-0.3, -0.25) is 9.63 Å². The summed E-state index contributed by atoms with van der Waals surface area (Å²) < 4.78 is 53.7. The summed E-state index contributed by atoms with van der Waals surface area (Å²) in [7, 11) is 0. The number of rotatable bonds is 6. The second-order valence-electron chi connectivity index (χ2n) is 6.73. The maximum atomic E-state index is 14.4. The number of carbonyl (C=O) groups excluding carboxylic acids is 1. The number of halogens is 4. The molecule has 1 unspecified atom stereocenters. The predicted molar refractivity (Wildman–Crippen MR) is 107 cm³/mol. The van der Waals surface area contributed by atoms with Crippen LogP contribution in [0.4, 0.5) is 24.5 Å². The Balaban J connectivity index is 1.73. The standard InChI is InChI=1S/C19H18F3IN2O4/c1-19(2)27-8-11(29-19)9-28-25-18(26)12-4-5-13(20)16(22)17(12)24-15-6-3-10(23)7-14(15)21/h3-7,11,24H,8-9H2,1-2H3,(H,25,26). The van der Waals surface area contributed by atoms with Gasteiger partial charge in [0.1, 0.15) is 18.5 Å². The van der Waals surface area contributed by atoms with Crippen molar-refractivity contribution in [1.82, 2.24) is 5.48 Å². The average Bonchev–Trinajstić information content (AvgIpc) is 2.99. The minimum absolute atomic E-state index is 0.00659. The Kier molecular flexibility index (Phi) is 6.66. The lowest BCUT2D eigenvalue weighted by Crippen LogP contribution is -2.31. The van der Waals surface area contributed by atoms with E-state index >= 15 is 0 Å². The molecule has 29 heavy (non-hydrogen) atoms. The van der Waals surface area contributed by atoms with Gasteiger partial charge in [0.15, 0.2) is 17.4 Å². The van der Waals surface area contributed by atoms with Gasteiger partial charge < -0.3 is 14.8 Å². The van der Waals surface area contributed by atoms with Gasteiger partial charge in [-0.25, -0.2) is 18.7 Å². The van der Waals surface area contributed by atoms with E-state index in [1.165, 1.54) is 12.1 Å². The summed E-state index contributed by atoms with van der Waals surface area (Å²) in [6, 6.07) is 6.03. The van der Waals surface area contributed by atoms with Crippen LogP contribution in [0, 0.1) is 21.0 Å². The van der Waals surface area contributed by atoms with Crippen LogP contribution in [0.5, 0.6) is 0 Å². The van der Waals surface area contributed by atoms with Gasteiger partial charge in [0.25, 0.3) is 5.91 Å². The number of amides is 1. The number of anilines is 2. The summed E-state index contributed by atoms with van der Waals surface area (Å²) in [5.74, 6) is -4.76. The van der Waals surface area contributed by atoms with E-state index in [2.05, 4.69) is 10.8 Å². The second kappa shape index (κ2) is 8.86. The summed E-state index contributed by atoms with van der Waals surface area (Å²) in [6.07, 6.45) is -0.395. The summed E-state index contributed by atoms with van der Waals surface area (Å²) >= 11 is 1.91. The van der Waals surface area contributed by atoms with Crippen LogP contribution in [0.15, 0.2) is 30.3 Å². The lowest BCUT2D eigenvalue weighted by atomic mass is 10.1. The van der Waals surface area contributed by atoms with Crippen LogP contribution in [-0.2, 0) is 14.3 Å². The summed E-state index contributed by atoms with van der Waals surface area (Å²) in [4.78, 5) is 17.5. The summed E-state index contributed by atoms with van der Waals surface area (Å²) in [6.45, 7) is 3.77. The minimum atomic E-state index is -1.31. The Hall–Kier alpha value is -1.89. The van der Waals surface area contributed by atoms with Gasteiger partial charge in [0.2, 0.25) is 0 Å². The smallest absolute Gasteiger partial charge is 0.277 e. The first kappa shape index (κ1) is 21.8. The molecule has 0 spiro atoms. The maximum Gasteiger partial charge on any atom is 0.277 e.